The zero-order valence-corrected chi connectivity index (χ0v) is 17.9. The van der Waals surface area contributed by atoms with Gasteiger partial charge in [0.25, 0.3) is 0 Å². The maximum Gasteiger partial charge on any atom is 0.0577 e. The Balaban J connectivity index is 1.44. The summed E-state index contributed by atoms with van der Waals surface area (Å²) < 4.78 is 0. The fraction of sp³-hybridized carbons (Fsp3) is 0.920. The second-order valence-electron chi connectivity index (χ2n) is 11.2. The summed E-state index contributed by atoms with van der Waals surface area (Å²) in [5.41, 5.74) is 2.05. The minimum Gasteiger partial charge on any atom is -0.393 e. The zero-order valence-electron chi connectivity index (χ0n) is 17.9. The van der Waals surface area contributed by atoms with Crippen molar-refractivity contribution in [2.75, 3.05) is 0 Å². The number of rotatable bonds is 5. The van der Waals surface area contributed by atoms with Gasteiger partial charge in [-0.3, -0.25) is 0 Å². The molecule has 0 spiro atoms. The van der Waals surface area contributed by atoms with Crippen molar-refractivity contribution in [3.63, 3.8) is 0 Å². The van der Waals surface area contributed by atoms with Gasteiger partial charge in [0, 0.05) is 0 Å². The van der Waals surface area contributed by atoms with Gasteiger partial charge in [-0.15, -0.1) is 0 Å². The second-order valence-corrected chi connectivity index (χ2v) is 11.2. The summed E-state index contributed by atoms with van der Waals surface area (Å²) in [6.45, 7) is 7.09. The Morgan fingerprint density at radius 1 is 1.07 bits per heavy atom. The SMILES string of the molecule is CC(C)CCC(O)C[C@H]1CCC2C3CC=C4CC(O)CCC4C3CCC21C. The number of fused-ring (bicyclic) bond motifs is 5. The molecule has 4 rings (SSSR count). The van der Waals surface area contributed by atoms with Crippen LogP contribution in [0.4, 0.5) is 0 Å². The molecule has 0 bridgehead atoms. The van der Waals surface area contributed by atoms with Crippen molar-refractivity contribution in [1.29, 1.82) is 0 Å². The Bertz CT molecular complexity index is 553. The number of aliphatic hydroxyl groups excluding tert-OH is 2. The molecule has 0 aliphatic heterocycles. The molecular weight excluding hydrogens is 332 g/mol. The molecule has 3 saturated carbocycles. The van der Waals surface area contributed by atoms with E-state index in [-0.39, 0.29) is 12.2 Å². The average molecular weight is 375 g/mol. The first-order valence-corrected chi connectivity index (χ1v) is 11.9. The molecule has 0 radical (unpaired) electrons. The minimum absolute atomic E-state index is 0.0823. The lowest BCUT2D eigenvalue weighted by Gasteiger charge is -2.54. The van der Waals surface area contributed by atoms with Gasteiger partial charge in [-0.1, -0.05) is 32.4 Å². The van der Waals surface area contributed by atoms with E-state index in [1.54, 1.807) is 5.57 Å². The maximum atomic E-state index is 10.6. The molecule has 8 atom stereocenters. The highest BCUT2D eigenvalue weighted by Crippen LogP contribution is 2.64. The topological polar surface area (TPSA) is 40.5 Å². The van der Waals surface area contributed by atoms with Gasteiger partial charge in [-0.2, -0.15) is 0 Å². The van der Waals surface area contributed by atoms with Crippen molar-refractivity contribution < 1.29 is 10.2 Å². The zero-order chi connectivity index (χ0) is 19.2. The van der Waals surface area contributed by atoms with E-state index in [0.29, 0.717) is 11.3 Å². The Labute approximate surface area is 166 Å². The van der Waals surface area contributed by atoms with Gasteiger partial charge in [-0.25, -0.2) is 0 Å². The highest BCUT2D eigenvalue weighted by atomic mass is 16.3. The van der Waals surface area contributed by atoms with E-state index in [1.807, 2.05) is 0 Å². The van der Waals surface area contributed by atoms with Crippen LogP contribution in [0.5, 0.6) is 0 Å². The fourth-order valence-corrected chi connectivity index (χ4v) is 7.72. The highest BCUT2D eigenvalue weighted by Gasteiger charge is 2.55. The summed E-state index contributed by atoms with van der Waals surface area (Å²) >= 11 is 0. The van der Waals surface area contributed by atoms with E-state index >= 15 is 0 Å². The number of allylic oxidation sites excluding steroid dienone is 1. The quantitative estimate of drug-likeness (QED) is 0.604. The molecule has 0 aromatic carbocycles. The number of hydrogen-bond acceptors (Lipinski definition) is 2. The fourth-order valence-electron chi connectivity index (χ4n) is 7.72. The van der Waals surface area contributed by atoms with Crippen LogP contribution in [0, 0.1) is 40.9 Å². The maximum absolute atomic E-state index is 10.6. The first kappa shape index (κ1) is 20.0. The molecule has 4 aliphatic carbocycles. The predicted molar refractivity (Wildman–Crippen MR) is 111 cm³/mol. The van der Waals surface area contributed by atoms with Crippen LogP contribution in [0.15, 0.2) is 11.6 Å². The molecule has 0 amide bonds. The predicted octanol–water partition coefficient (Wildman–Crippen LogP) is 5.72. The smallest absolute Gasteiger partial charge is 0.0577 e. The van der Waals surface area contributed by atoms with Crippen molar-refractivity contribution in [3.05, 3.63) is 11.6 Å². The molecule has 3 fully saturated rings. The van der Waals surface area contributed by atoms with Crippen LogP contribution < -0.4 is 0 Å². The van der Waals surface area contributed by atoms with Gasteiger partial charge in [0.2, 0.25) is 0 Å². The monoisotopic (exact) mass is 374 g/mol. The molecule has 0 heterocycles. The Morgan fingerprint density at radius 3 is 2.67 bits per heavy atom. The third-order valence-electron chi connectivity index (χ3n) is 9.25. The molecule has 2 heteroatoms. The van der Waals surface area contributed by atoms with Crippen LogP contribution in [0.1, 0.15) is 91.4 Å². The van der Waals surface area contributed by atoms with E-state index in [0.717, 1.165) is 61.7 Å². The summed E-state index contributed by atoms with van der Waals surface area (Å²) in [6.07, 6.45) is 15.4. The Kier molecular flexibility index (Phi) is 5.78. The van der Waals surface area contributed by atoms with Gasteiger partial charge < -0.3 is 10.2 Å². The first-order chi connectivity index (χ1) is 12.9. The molecule has 2 nitrogen and oxygen atoms in total. The minimum atomic E-state index is -0.0941. The lowest BCUT2D eigenvalue weighted by atomic mass is 9.51. The van der Waals surface area contributed by atoms with Crippen molar-refractivity contribution >= 4 is 0 Å². The molecule has 0 aromatic rings. The second kappa shape index (κ2) is 7.82. The molecule has 7 unspecified atom stereocenters. The van der Waals surface area contributed by atoms with E-state index in [1.165, 1.54) is 38.5 Å². The largest absolute Gasteiger partial charge is 0.393 e. The van der Waals surface area contributed by atoms with Gasteiger partial charge in [0.1, 0.15) is 0 Å². The van der Waals surface area contributed by atoms with Crippen molar-refractivity contribution in [3.8, 4) is 0 Å². The van der Waals surface area contributed by atoms with Gasteiger partial charge >= 0.3 is 0 Å². The summed E-state index contributed by atoms with van der Waals surface area (Å²) in [7, 11) is 0. The summed E-state index contributed by atoms with van der Waals surface area (Å²) in [5, 5.41) is 20.7. The summed E-state index contributed by atoms with van der Waals surface area (Å²) in [5.74, 6) is 4.80. The number of aliphatic hydroxyl groups is 2. The normalized spacial score (nSPS) is 45.0. The lowest BCUT2D eigenvalue weighted by molar-refractivity contribution is -0.0283. The van der Waals surface area contributed by atoms with Crippen molar-refractivity contribution in [1.82, 2.24) is 0 Å². The van der Waals surface area contributed by atoms with E-state index in [2.05, 4.69) is 26.8 Å². The molecule has 4 aliphatic rings. The van der Waals surface area contributed by atoms with Crippen molar-refractivity contribution in [2.24, 2.45) is 40.9 Å². The van der Waals surface area contributed by atoms with Crippen LogP contribution in [0.2, 0.25) is 0 Å². The van der Waals surface area contributed by atoms with Gasteiger partial charge in [-0.05, 0) is 112 Å². The Hall–Kier alpha value is -0.340. The molecular formula is C25H42O2. The molecule has 0 saturated heterocycles. The third kappa shape index (κ3) is 3.78. The Morgan fingerprint density at radius 2 is 1.89 bits per heavy atom. The molecule has 27 heavy (non-hydrogen) atoms. The molecule has 2 N–H and O–H groups in total. The summed E-state index contributed by atoms with van der Waals surface area (Å²) in [4.78, 5) is 0. The average Bonchev–Trinajstić information content (AvgIpc) is 2.96. The van der Waals surface area contributed by atoms with Crippen LogP contribution >= 0.6 is 0 Å². The van der Waals surface area contributed by atoms with Crippen LogP contribution in [-0.2, 0) is 0 Å². The lowest BCUT2D eigenvalue weighted by Crippen LogP contribution is -2.46. The van der Waals surface area contributed by atoms with E-state index < -0.39 is 0 Å². The van der Waals surface area contributed by atoms with Crippen molar-refractivity contribution in [2.45, 2.75) is 104 Å². The van der Waals surface area contributed by atoms with Crippen LogP contribution in [0.25, 0.3) is 0 Å². The van der Waals surface area contributed by atoms with Gasteiger partial charge in [0.15, 0.2) is 0 Å². The first-order valence-electron chi connectivity index (χ1n) is 11.9. The van der Waals surface area contributed by atoms with Crippen LogP contribution in [-0.4, -0.2) is 22.4 Å². The summed E-state index contributed by atoms with van der Waals surface area (Å²) in [6, 6.07) is 0. The highest BCUT2D eigenvalue weighted by molar-refractivity contribution is 5.20. The molecule has 154 valence electrons. The van der Waals surface area contributed by atoms with E-state index in [4.69, 9.17) is 0 Å². The molecule has 0 aromatic heterocycles. The standard InChI is InChI=1S/C25H42O2/c1-16(2)4-7-20(27)15-18-6-11-24-23-9-5-17-14-19(26)8-10-21(17)22(23)12-13-25(18,24)3/h5,16,18-24,26-27H,4,6-15H2,1-3H3/t18-,19?,20?,21?,22?,23?,24?,25?/m1/s1. The van der Waals surface area contributed by atoms with Crippen LogP contribution in [0.3, 0.4) is 0 Å². The third-order valence-corrected chi connectivity index (χ3v) is 9.25. The van der Waals surface area contributed by atoms with E-state index in [9.17, 15) is 10.2 Å². The van der Waals surface area contributed by atoms with Gasteiger partial charge in [0.05, 0.1) is 12.2 Å². The number of hydrogen-bond donors (Lipinski definition) is 2.